The number of carbonyl (C=O) groups excluding carboxylic acids is 1. The molecule has 3 aromatic carbocycles. The maximum Gasteiger partial charge on any atom is 0.288 e. The van der Waals surface area contributed by atoms with E-state index in [1.165, 1.54) is 6.07 Å². The maximum atomic E-state index is 12.8. The molecule has 30 heavy (non-hydrogen) atoms. The Bertz CT molecular complexity index is 1000. The molecule has 0 saturated carbocycles. The van der Waals surface area contributed by atoms with E-state index in [9.17, 15) is 22.4 Å². The molecule has 0 aromatic heterocycles. The second kappa shape index (κ2) is 10.4. The number of halogens is 4. The zero-order valence-corrected chi connectivity index (χ0v) is 17.0. The summed E-state index contributed by atoms with van der Waals surface area (Å²) in [5.41, 5.74) is 1.70. The van der Waals surface area contributed by atoms with E-state index in [0.29, 0.717) is 45.4 Å². The van der Waals surface area contributed by atoms with Crippen molar-refractivity contribution in [3.63, 3.8) is 0 Å². The molecule has 0 saturated heterocycles. The summed E-state index contributed by atoms with van der Waals surface area (Å²) >= 11 is 0.803. The standard InChI is InChI=1S/C21H16F4N2OS2/c22-20(23)29-14-11-9-13(10-12-14)26-16-6-2-1-5-15(16)19(28)27-17-7-3-4-8-18(17)30-21(24)25/h1-12,20-21,26H,(H,27,28). The van der Waals surface area contributed by atoms with Crippen LogP contribution in [0.5, 0.6) is 0 Å². The van der Waals surface area contributed by atoms with Crippen molar-refractivity contribution >= 4 is 46.5 Å². The first-order valence-electron chi connectivity index (χ1n) is 8.68. The van der Waals surface area contributed by atoms with Gasteiger partial charge in [-0.15, -0.1) is 0 Å². The minimum atomic E-state index is -2.61. The number of benzene rings is 3. The fraction of sp³-hybridized carbons (Fsp3) is 0.0952. The fourth-order valence-corrected chi connectivity index (χ4v) is 3.72. The summed E-state index contributed by atoms with van der Waals surface area (Å²) in [7, 11) is 0. The maximum absolute atomic E-state index is 12.8. The first-order chi connectivity index (χ1) is 14.4. The summed E-state index contributed by atoms with van der Waals surface area (Å²) in [5.74, 6) is -5.58. The Kier molecular flexibility index (Phi) is 7.64. The summed E-state index contributed by atoms with van der Waals surface area (Å²) in [5, 5.41) is 5.75. The van der Waals surface area contributed by atoms with Crippen LogP contribution in [0.4, 0.5) is 34.6 Å². The Morgan fingerprint density at radius 3 is 2.00 bits per heavy atom. The summed E-state index contributed by atoms with van der Waals surface area (Å²) in [4.78, 5) is 13.5. The summed E-state index contributed by atoms with van der Waals surface area (Å²) < 4.78 is 50.4. The van der Waals surface area contributed by atoms with Gasteiger partial charge in [0.05, 0.1) is 16.9 Å². The lowest BCUT2D eigenvalue weighted by atomic mass is 10.1. The van der Waals surface area contributed by atoms with Gasteiger partial charge < -0.3 is 10.6 Å². The second-order valence-corrected chi connectivity index (χ2v) is 8.00. The molecule has 9 heteroatoms. The molecule has 0 aliphatic heterocycles. The Morgan fingerprint density at radius 2 is 1.33 bits per heavy atom. The first kappa shape index (κ1) is 22.0. The largest absolute Gasteiger partial charge is 0.355 e. The smallest absolute Gasteiger partial charge is 0.288 e. The summed E-state index contributed by atoms with van der Waals surface area (Å²) in [6, 6.07) is 19.4. The van der Waals surface area contributed by atoms with E-state index in [1.807, 2.05) is 0 Å². The van der Waals surface area contributed by atoms with Crippen LogP contribution >= 0.6 is 23.5 Å². The van der Waals surface area contributed by atoms with E-state index < -0.39 is 17.4 Å². The molecule has 2 N–H and O–H groups in total. The molecule has 0 radical (unpaired) electrons. The minimum absolute atomic E-state index is 0.262. The minimum Gasteiger partial charge on any atom is -0.355 e. The molecule has 0 aliphatic carbocycles. The molecule has 156 valence electrons. The van der Waals surface area contributed by atoms with Gasteiger partial charge in [0.2, 0.25) is 0 Å². The highest BCUT2D eigenvalue weighted by atomic mass is 32.2. The van der Waals surface area contributed by atoms with Crippen molar-refractivity contribution in [1.29, 1.82) is 0 Å². The highest BCUT2D eigenvalue weighted by Crippen LogP contribution is 2.32. The molecule has 0 spiro atoms. The number of hydrogen-bond acceptors (Lipinski definition) is 4. The zero-order valence-electron chi connectivity index (χ0n) is 15.3. The number of carbonyl (C=O) groups is 1. The van der Waals surface area contributed by atoms with E-state index in [1.54, 1.807) is 66.7 Å². The molecular formula is C21H16F4N2OS2. The lowest BCUT2D eigenvalue weighted by molar-refractivity contribution is 0.102. The van der Waals surface area contributed by atoms with Gasteiger partial charge in [0.1, 0.15) is 0 Å². The fourth-order valence-electron chi connectivity index (χ4n) is 2.62. The number of alkyl halides is 4. The summed E-state index contributed by atoms with van der Waals surface area (Å²) in [6.07, 6.45) is 0. The van der Waals surface area contributed by atoms with Crippen LogP contribution in [0.3, 0.4) is 0 Å². The van der Waals surface area contributed by atoms with Crippen LogP contribution in [0.25, 0.3) is 0 Å². The normalized spacial score (nSPS) is 11.0. The summed E-state index contributed by atoms with van der Waals surface area (Å²) in [6.45, 7) is 0. The third-order valence-corrected chi connectivity index (χ3v) is 5.39. The van der Waals surface area contributed by atoms with Crippen molar-refractivity contribution in [2.45, 2.75) is 21.3 Å². The quantitative estimate of drug-likeness (QED) is 0.278. The van der Waals surface area contributed by atoms with Crippen molar-refractivity contribution in [1.82, 2.24) is 0 Å². The average molecular weight is 452 g/mol. The van der Waals surface area contributed by atoms with E-state index in [0.717, 1.165) is 0 Å². The van der Waals surface area contributed by atoms with Crippen molar-refractivity contribution < 1.29 is 22.4 Å². The Balaban J connectivity index is 1.78. The van der Waals surface area contributed by atoms with E-state index in [4.69, 9.17) is 0 Å². The Hall–Kier alpha value is -2.65. The number of nitrogens with one attached hydrogen (secondary N) is 2. The SMILES string of the molecule is O=C(Nc1ccccc1SC(F)F)c1ccccc1Nc1ccc(SC(F)F)cc1. The molecule has 0 unspecified atom stereocenters. The second-order valence-electron chi connectivity index (χ2n) is 5.90. The molecule has 0 bridgehead atoms. The van der Waals surface area contributed by atoms with E-state index >= 15 is 0 Å². The number of anilines is 3. The third kappa shape index (κ3) is 6.17. The molecule has 1 amide bonds. The lowest BCUT2D eigenvalue weighted by Crippen LogP contribution is -2.14. The van der Waals surface area contributed by atoms with Crippen molar-refractivity contribution in [2.75, 3.05) is 10.6 Å². The number of para-hydroxylation sites is 2. The monoisotopic (exact) mass is 452 g/mol. The van der Waals surface area contributed by atoms with Gasteiger partial charge in [-0.05, 0) is 48.5 Å². The Morgan fingerprint density at radius 1 is 0.733 bits per heavy atom. The van der Waals surface area contributed by atoms with Crippen molar-refractivity contribution in [3.05, 3.63) is 78.4 Å². The predicted octanol–water partition coefficient (Wildman–Crippen LogP) is 7.31. The van der Waals surface area contributed by atoms with Gasteiger partial charge in [-0.1, -0.05) is 47.8 Å². The van der Waals surface area contributed by atoms with Crippen LogP contribution in [-0.2, 0) is 0 Å². The van der Waals surface area contributed by atoms with Gasteiger partial charge in [0, 0.05) is 15.5 Å². The molecule has 0 fully saturated rings. The molecule has 0 atom stereocenters. The van der Waals surface area contributed by atoms with Gasteiger partial charge in [-0.25, -0.2) is 0 Å². The number of amides is 1. The first-order valence-corrected chi connectivity index (χ1v) is 10.4. The third-order valence-electron chi connectivity index (χ3n) is 3.88. The Labute approximate surface area is 179 Å². The van der Waals surface area contributed by atoms with Gasteiger partial charge in [-0.3, -0.25) is 4.79 Å². The van der Waals surface area contributed by atoms with Gasteiger partial charge >= 0.3 is 0 Å². The van der Waals surface area contributed by atoms with E-state index in [-0.39, 0.29) is 10.6 Å². The molecular weight excluding hydrogens is 436 g/mol. The van der Waals surface area contributed by atoms with Crippen LogP contribution in [-0.4, -0.2) is 17.4 Å². The number of rotatable bonds is 8. The van der Waals surface area contributed by atoms with Crippen molar-refractivity contribution in [2.24, 2.45) is 0 Å². The number of hydrogen-bond donors (Lipinski definition) is 2. The molecule has 3 aromatic rings. The topological polar surface area (TPSA) is 41.1 Å². The lowest BCUT2D eigenvalue weighted by Gasteiger charge is -2.14. The zero-order chi connectivity index (χ0) is 21.5. The van der Waals surface area contributed by atoms with Crippen LogP contribution in [0.2, 0.25) is 0 Å². The molecule has 0 heterocycles. The highest BCUT2D eigenvalue weighted by Gasteiger charge is 2.15. The van der Waals surface area contributed by atoms with Gasteiger partial charge in [-0.2, -0.15) is 17.6 Å². The predicted molar refractivity (Wildman–Crippen MR) is 114 cm³/mol. The van der Waals surface area contributed by atoms with Crippen LogP contribution < -0.4 is 10.6 Å². The molecule has 0 aliphatic rings. The van der Waals surface area contributed by atoms with Gasteiger partial charge in [0.25, 0.3) is 17.4 Å². The average Bonchev–Trinajstić information content (AvgIpc) is 2.70. The highest BCUT2D eigenvalue weighted by molar-refractivity contribution is 7.99. The number of thioether (sulfide) groups is 2. The van der Waals surface area contributed by atoms with Crippen molar-refractivity contribution in [3.8, 4) is 0 Å². The molecule has 3 rings (SSSR count). The molecule has 3 nitrogen and oxygen atoms in total. The van der Waals surface area contributed by atoms with Crippen LogP contribution in [0.1, 0.15) is 10.4 Å². The van der Waals surface area contributed by atoms with Crippen LogP contribution in [0.15, 0.2) is 82.6 Å². The van der Waals surface area contributed by atoms with Gasteiger partial charge in [0.15, 0.2) is 0 Å². The van der Waals surface area contributed by atoms with Crippen LogP contribution in [0, 0.1) is 0 Å². The van der Waals surface area contributed by atoms with E-state index in [2.05, 4.69) is 10.6 Å².